The van der Waals surface area contributed by atoms with Crippen LogP contribution in [0.25, 0.3) is 16.2 Å². The van der Waals surface area contributed by atoms with Gasteiger partial charge in [-0.05, 0) is 60.0 Å². The molecule has 0 spiro atoms. The van der Waals surface area contributed by atoms with E-state index in [4.69, 9.17) is 4.37 Å². The van der Waals surface area contributed by atoms with E-state index in [1.165, 1.54) is 35.8 Å². The average molecular weight is 475 g/mol. The van der Waals surface area contributed by atoms with Gasteiger partial charge in [-0.2, -0.15) is 4.37 Å². The first-order valence-electron chi connectivity index (χ1n) is 12.6. The molecule has 34 heavy (non-hydrogen) atoms. The van der Waals surface area contributed by atoms with E-state index in [1.54, 1.807) is 17.6 Å². The molecule has 2 heterocycles. The Morgan fingerprint density at radius 1 is 0.971 bits per heavy atom. The highest BCUT2D eigenvalue weighted by Crippen LogP contribution is 2.32. The summed E-state index contributed by atoms with van der Waals surface area (Å²) in [5.41, 5.74) is 1.05. The number of carbonyl (C=O) groups excluding carboxylic acids is 1. The van der Waals surface area contributed by atoms with Gasteiger partial charge in [0.1, 0.15) is 5.82 Å². The standard InChI is InChI=1S/C28H34N4OS/c33-27(15-14-22-8-2-1-3-9-22)29-20-23-10-4-5-11-24(23)21-31-16-18-32(19-17-31)28-25-12-6-7-13-26(25)34-30-28/h1-3,6-9,12-15,23-24H,4-5,10-11,16-21H2,(H,29,33)/b15-14+/t23-,24-/m1/s1. The predicted molar refractivity (Wildman–Crippen MR) is 142 cm³/mol. The molecule has 0 unspecified atom stereocenters. The molecule has 1 saturated carbocycles. The lowest BCUT2D eigenvalue weighted by Gasteiger charge is -2.40. The molecular weight excluding hydrogens is 440 g/mol. The van der Waals surface area contributed by atoms with Crippen LogP contribution in [-0.2, 0) is 4.79 Å². The number of nitrogens with zero attached hydrogens (tertiary/aromatic N) is 3. The summed E-state index contributed by atoms with van der Waals surface area (Å²) in [5, 5.41) is 4.46. The van der Waals surface area contributed by atoms with Crippen LogP contribution >= 0.6 is 11.5 Å². The van der Waals surface area contributed by atoms with Gasteiger partial charge < -0.3 is 10.2 Å². The number of amides is 1. The second-order valence-electron chi connectivity index (χ2n) is 9.58. The second-order valence-corrected chi connectivity index (χ2v) is 10.4. The molecule has 178 valence electrons. The minimum absolute atomic E-state index is 0.0114. The molecule has 2 atom stereocenters. The quantitative estimate of drug-likeness (QED) is 0.487. The van der Waals surface area contributed by atoms with Crippen LogP contribution in [0.5, 0.6) is 0 Å². The van der Waals surface area contributed by atoms with E-state index >= 15 is 0 Å². The smallest absolute Gasteiger partial charge is 0.244 e. The Balaban J connectivity index is 1.11. The van der Waals surface area contributed by atoms with Crippen molar-refractivity contribution in [2.24, 2.45) is 11.8 Å². The molecule has 1 saturated heterocycles. The number of carbonyl (C=O) groups is 1. The van der Waals surface area contributed by atoms with Gasteiger partial charge in [-0.3, -0.25) is 9.69 Å². The Morgan fingerprint density at radius 2 is 1.71 bits per heavy atom. The maximum absolute atomic E-state index is 12.4. The summed E-state index contributed by atoms with van der Waals surface area (Å²) in [6.07, 6.45) is 8.64. The minimum atomic E-state index is 0.0114. The fourth-order valence-electron chi connectivity index (χ4n) is 5.39. The lowest BCUT2D eigenvalue weighted by molar-refractivity contribution is -0.116. The Labute approximate surface area is 206 Å². The van der Waals surface area contributed by atoms with Gasteiger partial charge in [0.15, 0.2) is 0 Å². The van der Waals surface area contributed by atoms with E-state index < -0.39 is 0 Å². The molecule has 0 bridgehead atoms. The van der Waals surface area contributed by atoms with Crippen LogP contribution in [0.2, 0.25) is 0 Å². The number of piperazine rings is 1. The van der Waals surface area contributed by atoms with Gasteiger partial charge in [0.25, 0.3) is 0 Å². The number of rotatable bonds is 7. The summed E-state index contributed by atoms with van der Waals surface area (Å²) < 4.78 is 6.02. The summed E-state index contributed by atoms with van der Waals surface area (Å²) >= 11 is 1.60. The van der Waals surface area contributed by atoms with Crippen LogP contribution in [0.3, 0.4) is 0 Å². The van der Waals surface area contributed by atoms with Gasteiger partial charge in [-0.15, -0.1) is 0 Å². The van der Waals surface area contributed by atoms with Gasteiger partial charge >= 0.3 is 0 Å². The lowest BCUT2D eigenvalue weighted by atomic mass is 9.78. The number of benzene rings is 2. The first-order chi connectivity index (χ1) is 16.8. The predicted octanol–water partition coefficient (Wildman–Crippen LogP) is 5.05. The zero-order chi connectivity index (χ0) is 23.2. The van der Waals surface area contributed by atoms with Gasteiger partial charge in [0.2, 0.25) is 5.91 Å². The Morgan fingerprint density at radius 3 is 2.53 bits per heavy atom. The molecular formula is C28H34N4OS. The summed E-state index contributed by atoms with van der Waals surface area (Å²) in [5.74, 6) is 2.40. The molecule has 2 aromatic carbocycles. The molecule has 1 amide bonds. The number of fused-ring (bicyclic) bond motifs is 1. The SMILES string of the molecule is O=C(/C=C/c1ccccc1)NC[C@H]1CCCC[C@@H]1CN1CCN(c2nsc3ccccc23)CC1. The summed E-state index contributed by atoms with van der Waals surface area (Å²) in [6.45, 7) is 6.17. The van der Waals surface area contributed by atoms with Crippen LogP contribution in [0.4, 0.5) is 5.82 Å². The van der Waals surface area contributed by atoms with E-state index in [2.05, 4.69) is 39.4 Å². The molecule has 0 radical (unpaired) electrons. The van der Waals surface area contributed by atoms with Crippen molar-refractivity contribution < 1.29 is 4.79 Å². The van der Waals surface area contributed by atoms with Crippen LogP contribution in [0.1, 0.15) is 31.2 Å². The minimum Gasteiger partial charge on any atom is -0.353 e. The van der Waals surface area contributed by atoms with E-state index in [1.807, 2.05) is 36.4 Å². The Kier molecular flexibility index (Phi) is 7.56. The zero-order valence-corrected chi connectivity index (χ0v) is 20.6. The van der Waals surface area contributed by atoms with E-state index in [0.717, 1.165) is 50.6 Å². The highest BCUT2D eigenvalue weighted by Gasteiger charge is 2.29. The third-order valence-electron chi connectivity index (χ3n) is 7.35. The van der Waals surface area contributed by atoms with Crippen LogP contribution in [-0.4, -0.2) is 54.4 Å². The molecule has 5 rings (SSSR count). The third-order valence-corrected chi connectivity index (χ3v) is 8.17. The first kappa shape index (κ1) is 23.1. The van der Waals surface area contributed by atoms with Crippen molar-refractivity contribution in [2.75, 3.05) is 44.2 Å². The largest absolute Gasteiger partial charge is 0.353 e. The Bertz CT molecular complexity index is 1100. The summed E-state index contributed by atoms with van der Waals surface area (Å²) in [4.78, 5) is 17.5. The second kappa shape index (κ2) is 11.2. The van der Waals surface area contributed by atoms with E-state index in [9.17, 15) is 4.79 Å². The van der Waals surface area contributed by atoms with Gasteiger partial charge in [0.05, 0.1) is 4.70 Å². The summed E-state index contributed by atoms with van der Waals surface area (Å²) in [6, 6.07) is 18.5. The van der Waals surface area contributed by atoms with Crippen LogP contribution in [0, 0.1) is 11.8 Å². The maximum atomic E-state index is 12.4. The topological polar surface area (TPSA) is 48.5 Å². The molecule has 1 N–H and O–H groups in total. The molecule has 1 aliphatic heterocycles. The van der Waals surface area contributed by atoms with Crippen molar-refractivity contribution in [1.29, 1.82) is 0 Å². The van der Waals surface area contributed by atoms with Crippen molar-refractivity contribution in [1.82, 2.24) is 14.6 Å². The highest BCUT2D eigenvalue weighted by atomic mass is 32.1. The highest BCUT2D eigenvalue weighted by molar-refractivity contribution is 7.13. The number of hydrogen-bond acceptors (Lipinski definition) is 5. The normalized spacial score (nSPS) is 21.8. The molecule has 6 heteroatoms. The molecule has 2 fully saturated rings. The number of hydrogen-bond donors (Lipinski definition) is 1. The van der Waals surface area contributed by atoms with Gasteiger partial charge in [-0.1, -0.05) is 55.3 Å². The van der Waals surface area contributed by atoms with Crippen molar-refractivity contribution in [3.8, 4) is 0 Å². The average Bonchev–Trinajstić information content (AvgIpc) is 3.32. The van der Waals surface area contributed by atoms with Crippen molar-refractivity contribution in [2.45, 2.75) is 25.7 Å². The van der Waals surface area contributed by atoms with Crippen molar-refractivity contribution in [3.05, 3.63) is 66.2 Å². The zero-order valence-electron chi connectivity index (χ0n) is 19.7. The van der Waals surface area contributed by atoms with Crippen LogP contribution in [0.15, 0.2) is 60.7 Å². The van der Waals surface area contributed by atoms with E-state index in [-0.39, 0.29) is 5.91 Å². The number of nitrogens with one attached hydrogen (secondary N) is 1. The molecule has 5 nitrogen and oxygen atoms in total. The Hall–Kier alpha value is -2.70. The maximum Gasteiger partial charge on any atom is 0.244 e. The van der Waals surface area contributed by atoms with Gasteiger partial charge in [0, 0.05) is 50.7 Å². The fraction of sp³-hybridized carbons (Fsp3) is 0.429. The van der Waals surface area contributed by atoms with Crippen molar-refractivity contribution >= 4 is 39.4 Å². The molecule has 1 aromatic heterocycles. The van der Waals surface area contributed by atoms with Gasteiger partial charge in [-0.25, -0.2) is 0 Å². The van der Waals surface area contributed by atoms with E-state index in [0.29, 0.717) is 11.8 Å². The first-order valence-corrected chi connectivity index (χ1v) is 13.4. The van der Waals surface area contributed by atoms with Crippen LogP contribution < -0.4 is 10.2 Å². The monoisotopic (exact) mass is 474 g/mol. The molecule has 2 aliphatic rings. The molecule has 1 aliphatic carbocycles. The number of anilines is 1. The van der Waals surface area contributed by atoms with Crippen molar-refractivity contribution in [3.63, 3.8) is 0 Å². The lowest BCUT2D eigenvalue weighted by Crippen LogP contribution is -2.49. The number of aromatic nitrogens is 1. The summed E-state index contributed by atoms with van der Waals surface area (Å²) in [7, 11) is 0. The fourth-order valence-corrected chi connectivity index (χ4v) is 6.19. The molecule has 3 aromatic rings. The third kappa shape index (κ3) is 5.68.